The van der Waals surface area contributed by atoms with Crippen LogP contribution in [-0.2, 0) is 6.54 Å². The van der Waals surface area contributed by atoms with Gasteiger partial charge in [-0.1, -0.05) is 0 Å². The van der Waals surface area contributed by atoms with Crippen LogP contribution in [-0.4, -0.2) is 62.0 Å². The predicted molar refractivity (Wildman–Crippen MR) is 68.7 cm³/mol. The number of nitrogens with zero attached hydrogens (tertiary/aromatic N) is 4. The van der Waals surface area contributed by atoms with E-state index in [9.17, 15) is 15.2 Å². The first-order chi connectivity index (χ1) is 8.65. The van der Waals surface area contributed by atoms with E-state index in [0.717, 1.165) is 24.6 Å². The molecule has 7 nitrogen and oxygen atoms in total. The maximum atomic E-state index is 10.5. The summed E-state index contributed by atoms with van der Waals surface area (Å²) in [6.45, 7) is 2.85. The highest BCUT2D eigenvalue weighted by Crippen LogP contribution is 2.11. The Hall–Kier alpha value is -1.12. The van der Waals surface area contributed by atoms with Gasteiger partial charge in [-0.3, -0.25) is 19.7 Å². The van der Waals surface area contributed by atoms with Gasteiger partial charge in [-0.2, -0.15) is 16.9 Å². The Labute approximate surface area is 109 Å². The van der Waals surface area contributed by atoms with Crippen molar-refractivity contribution in [3.05, 3.63) is 22.5 Å². The lowest BCUT2D eigenvalue weighted by Crippen LogP contribution is -2.39. The van der Waals surface area contributed by atoms with E-state index in [4.69, 9.17) is 0 Å². The second-order valence-corrected chi connectivity index (χ2v) is 5.47. The van der Waals surface area contributed by atoms with Crippen molar-refractivity contribution in [1.29, 1.82) is 0 Å². The van der Waals surface area contributed by atoms with E-state index >= 15 is 0 Å². The van der Waals surface area contributed by atoms with Gasteiger partial charge >= 0.3 is 5.69 Å². The van der Waals surface area contributed by atoms with Crippen LogP contribution in [0.2, 0.25) is 0 Å². The van der Waals surface area contributed by atoms with Gasteiger partial charge in [-0.05, 0) is 0 Å². The zero-order valence-electron chi connectivity index (χ0n) is 9.94. The highest BCUT2D eigenvalue weighted by Gasteiger charge is 2.16. The molecule has 1 unspecified atom stereocenters. The zero-order chi connectivity index (χ0) is 13.0. The number of thioether (sulfide) groups is 1. The van der Waals surface area contributed by atoms with E-state index in [1.165, 1.54) is 17.1 Å². The average molecular weight is 272 g/mol. The van der Waals surface area contributed by atoms with Gasteiger partial charge in [-0.15, -0.1) is 0 Å². The summed E-state index contributed by atoms with van der Waals surface area (Å²) in [6, 6.07) is 0. The highest BCUT2D eigenvalue weighted by atomic mass is 32.2. The number of rotatable bonds is 5. The maximum Gasteiger partial charge on any atom is 0.306 e. The van der Waals surface area contributed by atoms with Gasteiger partial charge in [0.05, 0.1) is 17.6 Å². The molecule has 100 valence electrons. The molecule has 2 heterocycles. The Morgan fingerprint density at radius 2 is 2.22 bits per heavy atom. The first-order valence-corrected chi connectivity index (χ1v) is 6.95. The van der Waals surface area contributed by atoms with Crippen molar-refractivity contribution in [2.75, 3.05) is 31.1 Å². The van der Waals surface area contributed by atoms with Gasteiger partial charge < -0.3 is 5.11 Å². The molecule has 0 aromatic carbocycles. The van der Waals surface area contributed by atoms with Crippen molar-refractivity contribution in [1.82, 2.24) is 14.7 Å². The monoisotopic (exact) mass is 272 g/mol. The molecule has 0 amide bonds. The van der Waals surface area contributed by atoms with Crippen molar-refractivity contribution < 1.29 is 10.0 Å². The van der Waals surface area contributed by atoms with Gasteiger partial charge in [0.1, 0.15) is 12.4 Å². The van der Waals surface area contributed by atoms with E-state index in [1.807, 2.05) is 11.8 Å². The summed E-state index contributed by atoms with van der Waals surface area (Å²) in [6.07, 6.45) is 1.99. The molecule has 8 heteroatoms. The molecule has 1 aliphatic heterocycles. The Morgan fingerprint density at radius 3 is 2.83 bits per heavy atom. The smallest absolute Gasteiger partial charge is 0.306 e. The van der Waals surface area contributed by atoms with Gasteiger partial charge in [0.15, 0.2) is 0 Å². The summed E-state index contributed by atoms with van der Waals surface area (Å²) in [5.74, 6) is 2.19. The van der Waals surface area contributed by atoms with Gasteiger partial charge in [-0.25, -0.2) is 0 Å². The summed E-state index contributed by atoms with van der Waals surface area (Å²) >= 11 is 1.92. The fourth-order valence-corrected chi connectivity index (χ4v) is 2.88. The van der Waals surface area contributed by atoms with Crippen LogP contribution >= 0.6 is 11.8 Å². The summed E-state index contributed by atoms with van der Waals surface area (Å²) < 4.78 is 1.42. The predicted octanol–water partition coefficient (Wildman–Crippen LogP) is 0.201. The van der Waals surface area contributed by atoms with Crippen LogP contribution in [0.1, 0.15) is 0 Å². The van der Waals surface area contributed by atoms with Crippen LogP contribution < -0.4 is 0 Å². The number of hydrogen-bond acceptors (Lipinski definition) is 6. The van der Waals surface area contributed by atoms with E-state index in [-0.39, 0.29) is 12.2 Å². The summed E-state index contributed by atoms with van der Waals surface area (Å²) in [4.78, 5) is 12.2. The minimum Gasteiger partial charge on any atom is -0.390 e. The number of aliphatic hydroxyl groups is 1. The fourth-order valence-electron chi connectivity index (χ4n) is 1.90. The number of aromatic nitrogens is 2. The van der Waals surface area contributed by atoms with Crippen molar-refractivity contribution in [2.45, 2.75) is 12.6 Å². The lowest BCUT2D eigenvalue weighted by atomic mass is 10.3. The standard InChI is InChI=1S/C10H16N4O3S/c15-10(7-12-1-3-18-4-2-12)8-13-6-9(5-11-13)14(16)17/h5-6,10,15H,1-4,7-8H2. The SMILES string of the molecule is O=[N+]([O-])c1cnn(CC(O)CN2CCSCC2)c1. The molecule has 1 aliphatic rings. The number of β-amino-alcohol motifs (C(OH)–C–C–N with tert-alkyl or cyclic N) is 1. The van der Waals surface area contributed by atoms with E-state index < -0.39 is 11.0 Å². The molecular formula is C10H16N4O3S. The molecular weight excluding hydrogens is 256 g/mol. The van der Waals surface area contributed by atoms with Crippen molar-refractivity contribution in [3.8, 4) is 0 Å². The van der Waals surface area contributed by atoms with Crippen LogP contribution in [0.4, 0.5) is 5.69 Å². The van der Waals surface area contributed by atoms with E-state index in [2.05, 4.69) is 10.00 Å². The second-order valence-electron chi connectivity index (χ2n) is 4.24. The minimum absolute atomic E-state index is 0.0448. The van der Waals surface area contributed by atoms with Gasteiger partial charge in [0, 0.05) is 31.1 Å². The summed E-state index contributed by atoms with van der Waals surface area (Å²) in [5, 5.41) is 24.3. The van der Waals surface area contributed by atoms with Crippen molar-refractivity contribution >= 4 is 17.4 Å². The van der Waals surface area contributed by atoms with E-state index in [0.29, 0.717) is 6.54 Å². The van der Waals surface area contributed by atoms with Crippen LogP contribution in [0, 0.1) is 10.1 Å². The first kappa shape index (κ1) is 13.3. The molecule has 1 N–H and O–H groups in total. The zero-order valence-corrected chi connectivity index (χ0v) is 10.8. The molecule has 18 heavy (non-hydrogen) atoms. The van der Waals surface area contributed by atoms with Crippen molar-refractivity contribution in [3.63, 3.8) is 0 Å². The van der Waals surface area contributed by atoms with Crippen LogP contribution in [0.15, 0.2) is 12.4 Å². The molecule has 1 saturated heterocycles. The third kappa shape index (κ3) is 3.69. The minimum atomic E-state index is -0.549. The van der Waals surface area contributed by atoms with Gasteiger partial charge in [0.25, 0.3) is 0 Å². The van der Waals surface area contributed by atoms with Crippen LogP contribution in [0.3, 0.4) is 0 Å². The topological polar surface area (TPSA) is 84.4 Å². The molecule has 1 atom stereocenters. The Bertz CT molecular complexity index is 406. The lowest BCUT2D eigenvalue weighted by Gasteiger charge is -2.28. The third-order valence-electron chi connectivity index (χ3n) is 2.80. The second kappa shape index (κ2) is 6.17. The molecule has 0 aliphatic carbocycles. The van der Waals surface area contributed by atoms with Crippen LogP contribution in [0.25, 0.3) is 0 Å². The van der Waals surface area contributed by atoms with Crippen molar-refractivity contribution in [2.24, 2.45) is 0 Å². The largest absolute Gasteiger partial charge is 0.390 e. The molecule has 2 rings (SSSR count). The Balaban J connectivity index is 1.82. The molecule has 0 radical (unpaired) electrons. The number of aliphatic hydroxyl groups excluding tert-OH is 1. The first-order valence-electron chi connectivity index (χ1n) is 5.80. The number of hydrogen-bond donors (Lipinski definition) is 1. The quantitative estimate of drug-likeness (QED) is 0.609. The maximum absolute atomic E-state index is 10.5. The average Bonchev–Trinajstić information content (AvgIpc) is 2.78. The molecule has 0 bridgehead atoms. The Morgan fingerprint density at radius 1 is 1.50 bits per heavy atom. The van der Waals surface area contributed by atoms with Crippen LogP contribution in [0.5, 0.6) is 0 Å². The molecule has 1 aromatic rings. The van der Waals surface area contributed by atoms with Gasteiger partial charge in [0.2, 0.25) is 0 Å². The fraction of sp³-hybridized carbons (Fsp3) is 0.700. The summed E-state index contributed by atoms with van der Waals surface area (Å²) in [5.41, 5.74) is -0.0448. The number of nitro groups is 1. The molecule has 0 saturated carbocycles. The van der Waals surface area contributed by atoms with E-state index in [1.54, 1.807) is 0 Å². The summed E-state index contributed by atoms with van der Waals surface area (Å²) in [7, 11) is 0. The normalized spacial score (nSPS) is 18.7. The lowest BCUT2D eigenvalue weighted by molar-refractivity contribution is -0.385. The molecule has 1 fully saturated rings. The molecule has 0 spiro atoms. The third-order valence-corrected chi connectivity index (χ3v) is 3.74. The molecule has 1 aromatic heterocycles. The Kier molecular flexibility index (Phi) is 4.56. The highest BCUT2D eigenvalue weighted by molar-refractivity contribution is 7.99.